The minimum atomic E-state index is -3.51. The van der Waals surface area contributed by atoms with Crippen LogP contribution in [0.1, 0.15) is 44.7 Å². The lowest BCUT2D eigenvalue weighted by Gasteiger charge is -2.29. The Labute approximate surface area is 218 Å². The fourth-order valence-electron chi connectivity index (χ4n) is 3.65. The SMILES string of the molecule is Cc1cccc(N(CCCC(=O)N(Cc2cccc(Br)c2)C(C)C(=O)NCC(C)C)S(C)(=O)=O)c1. The molecule has 9 heteroatoms. The Hall–Kier alpha value is -2.39. The number of aryl methyl sites for hydroxylation is 1. The highest BCUT2D eigenvalue weighted by atomic mass is 79.9. The summed E-state index contributed by atoms with van der Waals surface area (Å²) >= 11 is 3.45. The van der Waals surface area contributed by atoms with Gasteiger partial charge in [-0.1, -0.05) is 54.0 Å². The minimum Gasteiger partial charge on any atom is -0.354 e. The topological polar surface area (TPSA) is 86.8 Å². The third kappa shape index (κ3) is 9.29. The van der Waals surface area contributed by atoms with Crippen LogP contribution in [-0.4, -0.2) is 50.5 Å². The van der Waals surface area contributed by atoms with E-state index < -0.39 is 16.1 Å². The lowest BCUT2D eigenvalue weighted by molar-refractivity contribution is -0.140. The largest absolute Gasteiger partial charge is 0.354 e. The van der Waals surface area contributed by atoms with Crippen molar-refractivity contribution in [3.63, 3.8) is 0 Å². The van der Waals surface area contributed by atoms with E-state index in [2.05, 4.69) is 21.2 Å². The smallest absolute Gasteiger partial charge is 0.242 e. The van der Waals surface area contributed by atoms with E-state index in [1.54, 1.807) is 17.9 Å². The van der Waals surface area contributed by atoms with Gasteiger partial charge in [-0.3, -0.25) is 13.9 Å². The molecule has 0 radical (unpaired) electrons. The number of benzene rings is 2. The van der Waals surface area contributed by atoms with E-state index in [1.165, 1.54) is 4.31 Å². The third-order valence-corrected chi connectivity index (χ3v) is 7.22. The number of amides is 2. The molecule has 0 spiro atoms. The van der Waals surface area contributed by atoms with E-state index in [1.807, 2.05) is 63.2 Å². The van der Waals surface area contributed by atoms with Crippen molar-refractivity contribution in [2.24, 2.45) is 5.92 Å². The van der Waals surface area contributed by atoms with Gasteiger partial charge in [0.15, 0.2) is 0 Å². The lowest BCUT2D eigenvalue weighted by atomic mass is 10.1. The van der Waals surface area contributed by atoms with Gasteiger partial charge in [0.25, 0.3) is 0 Å². The van der Waals surface area contributed by atoms with Gasteiger partial charge < -0.3 is 10.2 Å². The number of nitrogens with zero attached hydrogens (tertiary/aromatic N) is 2. The fraction of sp³-hybridized carbons (Fsp3) is 0.462. The molecule has 0 saturated heterocycles. The lowest BCUT2D eigenvalue weighted by Crippen LogP contribution is -2.48. The second-order valence-electron chi connectivity index (χ2n) is 9.24. The Morgan fingerprint density at radius 2 is 1.74 bits per heavy atom. The van der Waals surface area contributed by atoms with Gasteiger partial charge in [-0.25, -0.2) is 8.42 Å². The number of halogens is 1. The zero-order valence-corrected chi connectivity index (χ0v) is 23.5. The Morgan fingerprint density at radius 3 is 2.34 bits per heavy atom. The molecule has 2 amide bonds. The molecule has 0 heterocycles. The summed E-state index contributed by atoms with van der Waals surface area (Å²) in [7, 11) is -3.51. The molecule has 0 fully saturated rings. The highest BCUT2D eigenvalue weighted by molar-refractivity contribution is 9.10. The molecule has 2 rings (SSSR count). The summed E-state index contributed by atoms with van der Waals surface area (Å²) in [5.74, 6) is -0.113. The number of anilines is 1. The Morgan fingerprint density at radius 1 is 1.06 bits per heavy atom. The maximum atomic E-state index is 13.3. The molecule has 7 nitrogen and oxygen atoms in total. The molecule has 0 aliphatic carbocycles. The summed E-state index contributed by atoms with van der Waals surface area (Å²) in [5.41, 5.74) is 2.43. The van der Waals surface area contributed by atoms with Crippen molar-refractivity contribution in [1.29, 1.82) is 0 Å². The van der Waals surface area contributed by atoms with Crippen LogP contribution in [-0.2, 0) is 26.2 Å². The van der Waals surface area contributed by atoms with E-state index in [4.69, 9.17) is 0 Å². The van der Waals surface area contributed by atoms with E-state index in [9.17, 15) is 18.0 Å². The molecule has 1 unspecified atom stereocenters. The van der Waals surface area contributed by atoms with Crippen molar-refractivity contribution in [3.8, 4) is 0 Å². The third-order valence-electron chi connectivity index (χ3n) is 5.54. The molecule has 1 N–H and O–H groups in total. The number of hydrogen-bond acceptors (Lipinski definition) is 4. The van der Waals surface area contributed by atoms with E-state index in [-0.39, 0.29) is 31.3 Å². The summed E-state index contributed by atoms with van der Waals surface area (Å²) in [6, 6.07) is 14.2. The Kier molecular flexibility index (Phi) is 10.8. The van der Waals surface area contributed by atoms with Gasteiger partial charge in [0.1, 0.15) is 6.04 Å². The standard InChI is InChI=1S/C26H36BrN3O4S/c1-19(2)17-28-26(32)21(4)29(18-22-10-7-11-23(27)16-22)25(31)13-8-14-30(35(5,33)34)24-12-6-9-20(3)15-24/h6-7,9-12,15-16,19,21H,8,13-14,17-18H2,1-5H3,(H,28,32). The van der Waals surface area contributed by atoms with Crippen LogP contribution in [0.3, 0.4) is 0 Å². The van der Waals surface area contributed by atoms with Crippen molar-refractivity contribution in [3.05, 3.63) is 64.1 Å². The van der Waals surface area contributed by atoms with Crippen LogP contribution in [0, 0.1) is 12.8 Å². The first-order valence-electron chi connectivity index (χ1n) is 11.7. The monoisotopic (exact) mass is 565 g/mol. The molecule has 1 atom stereocenters. The van der Waals surface area contributed by atoms with Gasteiger partial charge >= 0.3 is 0 Å². The highest BCUT2D eigenvalue weighted by Gasteiger charge is 2.26. The minimum absolute atomic E-state index is 0.119. The molecule has 0 aliphatic heterocycles. The van der Waals surface area contributed by atoms with Crippen molar-refractivity contribution in [2.75, 3.05) is 23.7 Å². The van der Waals surface area contributed by atoms with Gasteiger partial charge in [0, 0.05) is 30.5 Å². The van der Waals surface area contributed by atoms with Crippen LogP contribution >= 0.6 is 15.9 Å². The number of rotatable bonds is 12. The van der Waals surface area contributed by atoms with Crippen molar-refractivity contribution >= 4 is 43.5 Å². The van der Waals surface area contributed by atoms with E-state index in [0.717, 1.165) is 21.9 Å². The van der Waals surface area contributed by atoms with Crippen LogP contribution in [0.2, 0.25) is 0 Å². The predicted octanol–water partition coefficient (Wildman–Crippen LogP) is 4.49. The van der Waals surface area contributed by atoms with E-state index in [0.29, 0.717) is 24.6 Å². The molecule has 0 aromatic heterocycles. The van der Waals surface area contributed by atoms with Crippen molar-refractivity contribution in [2.45, 2.75) is 53.1 Å². The van der Waals surface area contributed by atoms with Crippen molar-refractivity contribution in [1.82, 2.24) is 10.2 Å². The Balaban J connectivity index is 2.16. The molecule has 0 bridgehead atoms. The molecule has 192 valence electrons. The number of nitrogens with one attached hydrogen (secondary N) is 1. The second kappa shape index (κ2) is 13.1. The molecular weight excluding hydrogens is 530 g/mol. The summed E-state index contributed by atoms with van der Waals surface area (Å²) in [6.45, 7) is 8.63. The highest BCUT2D eigenvalue weighted by Crippen LogP contribution is 2.21. The number of carbonyl (C=O) groups excluding carboxylic acids is 2. The molecule has 2 aromatic carbocycles. The van der Waals surface area contributed by atoms with Crippen LogP contribution < -0.4 is 9.62 Å². The fourth-order valence-corrected chi connectivity index (χ4v) is 5.06. The van der Waals surface area contributed by atoms with Gasteiger partial charge in [-0.15, -0.1) is 0 Å². The molecular formula is C26H36BrN3O4S. The first kappa shape index (κ1) is 28.8. The summed E-state index contributed by atoms with van der Waals surface area (Å²) < 4.78 is 27.1. The van der Waals surface area contributed by atoms with Gasteiger partial charge in [0.05, 0.1) is 11.9 Å². The normalized spacial score (nSPS) is 12.3. The molecule has 35 heavy (non-hydrogen) atoms. The average Bonchev–Trinajstić information content (AvgIpc) is 2.77. The quantitative estimate of drug-likeness (QED) is 0.410. The Bertz CT molecular complexity index is 1120. The second-order valence-corrected chi connectivity index (χ2v) is 12.1. The summed E-state index contributed by atoms with van der Waals surface area (Å²) in [5, 5.41) is 2.91. The van der Waals surface area contributed by atoms with Crippen LogP contribution in [0.5, 0.6) is 0 Å². The zero-order valence-electron chi connectivity index (χ0n) is 21.1. The maximum Gasteiger partial charge on any atom is 0.242 e. The number of carbonyl (C=O) groups is 2. The van der Waals surface area contributed by atoms with Gasteiger partial charge in [-0.2, -0.15) is 0 Å². The first-order chi connectivity index (χ1) is 16.4. The van der Waals surface area contributed by atoms with Crippen LogP contribution in [0.15, 0.2) is 53.0 Å². The zero-order chi connectivity index (χ0) is 26.2. The van der Waals surface area contributed by atoms with Crippen LogP contribution in [0.25, 0.3) is 0 Å². The molecule has 2 aromatic rings. The number of sulfonamides is 1. The van der Waals surface area contributed by atoms with Gasteiger partial charge in [0.2, 0.25) is 21.8 Å². The van der Waals surface area contributed by atoms with Gasteiger partial charge in [-0.05, 0) is 61.6 Å². The average molecular weight is 567 g/mol. The maximum absolute atomic E-state index is 13.3. The number of hydrogen-bond donors (Lipinski definition) is 1. The predicted molar refractivity (Wildman–Crippen MR) is 145 cm³/mol. The summed E-state index contributed by atoms with van der Waals surface area (Å²) in [6.07, 6.45) is 1.61. The summed E-state index contributed by atoms with van der Waals surface area (Å²) in [4.78, 5) is 27.6. The van der Waals surface area contributed by atoms with Crippen molar-refractivity contribution < 1.29 is 18.0 Å². The first-order valence-corrected chi connectivity index (χ1v) is 14.4. The molecule has 0 aliphatic rings. The van der Waals surface area contributed by atoms with Crippen LogP contribution in [0.4, 0.5) is 5.69 Å². The van der Waals surface area contributed by atoms with E-state index >= 15 is 0 Å². The molecule has 0 saturated carbocycles.